The van der Waals surface area contributed by atoms with E-state index in [0.717, 1.165) is 6.42 Å². The maximum atomic E-state index is 3.98. The van der Waals surface area contributed by atoms with Gasteiger partial charge in [-0.3, -0.25) is 4.98 Å². The quantitative estimate of drug-likeness (QED) is 0.684. The highest BCUT2D eigenvalue weighted by Gasteiger charge is 1.94. The second-order valence-corrected chi connectivity index (χ2v) is 3.44. The van der Waals surface area contributed by atoms with Crippen LogP contribution in [0.15, 0.2) is 41.4 Å². The third-order valence-corrected chi connectivity index (χ3v) is 2.47. The summed E-state index contributed by atoms with van der Waals surface area (Å²) in [7, 11) is 0. The van der Waals surface area contributed by atoms with Crippen LogP contribution in [0.3, 0.4) is 0 Å². The molecule has 0 bridgehead atoms. The molecule has 1 nitrogen and oxygen atoms in total. The van der Waals surface area contributed by atoms with E-state index in [1.54, 1.807) is 11.3 Å². The zero-order chi connectivity index (χ0) is 8.23. The standard InChI is InChI=1S/C10H9NS/c1-4-11-5-2-9(1)7-10-3-6-12-8-10/h1-6,8H,7H2. The fourth-order valence-corrected chi connectivity index (χ4v) is 1.80. The van der Waals surface area contributed by atoms with Crippen molar-refractivity contribution in [2.75, 3.05) is 0 Å². The van der Waals surface area contributed by atoms with Gasteiger partial charge in [0.05, 0.1) is 0 Å². The van der Waals surface area contributed by atoms with E-state index in [9.17, 15) is 0 Å². The summed E-state index contributed by atoms with van der Waals surface area (Å²) in [4.78, 5) is 3.98. The van der Waals surface area contributed by atoms with Crippen LogP contribution in [-0.4, -0.2) is 4.98 Å². The molecule has 0 aliphatic carbocycles. The molecule has 0 unspecified atom stereocenters. The van der Waals surface area contributed by atoms with Gasteiger partial charge in [0.1, 0.15) is 0 Å². The summed E-state index contributed by atoms with van der Waals surface area (Å²) in [5.41, 5.74) is 2.70. The fourth-order valence-electron chi connectivity index (χ4n) is 1.13. The molecule has 60 valence electrons. The van der Waals surface area contributed by atoms with Gasteiger partial charge in [0, 0.05) is 12.4 Å². The Morgan fingerprint density at radius 1 is 1.08 bits per heavy atom. The number of thiophene rings is 1. The van der Waals surface area contributed by atoms with Crippen LogP contribution in [-0.2, 0) is 6.42 Å². The van der Waals surface area contributed by atoms with E-state index in [4.69, 9.17) is 0 Å². The van der Waals surface area contributed by atoms with Crippen LogP contribution in [0.25, 0.3) is 0 Å². The van der Waals surface area contributed by atoms with Crippen molar-refractivity contribution >= 4 is 11.3 Å². The molecule has 0 radical (unpaired) electrons. The molecule has 2 heteroatoms. The van der Waals surface area contributed by atoms with Crippen LogP contribution >= 0.6 is 11.3 Å². The molecule has 0 aliphatic heterocycles. The molecule has 2 rings (SSSR count). The predicted molar refractivity (Wildman–Crippen MR) is 51.4 cm³/mol. The van der Waals surface area contributed by atoms with Crippen LogP contribution in [0, 0.1) is 0 Å². The third-order valence-electron chi connectivity index (χ3n) is 1.74. The first-order valence-electron chi connectivity index (χ1n) is 3.85. The van der Waals surface area contributed by atoms with Crippen LogP contribution in [0.2, 0.25) is 0 Å². The third kappa shape index (κ3) is 1.71. The lowest BCUT2D eigenvalue weighted by Crippen LogP contribution is -1.84. The van der Waals surface area contributed by atoms with Crippen molar-refractivity contribution in [2.45, 2.75) is 6.42 Å². The van der Waals surface area contributed by atoms with E-state index >= 15 is 0 Å². The zero-order valence-corrected chi connectivity index (χ0v) is 7.42. The first-order valence-corrected chi connectivity index (χ1v) is 4.79. The van der Waals surface area contributed by atoms with Crippen molar-refractivity contribution in [1.29, 1.82) is 0 Å². The topological polar surface area (TPSA) is 12.9 Å². The predicted octanol–water partition coefficient (Wildman–Crippen LogP) is 2.73. The number of pyridine rings is 1. The molecular weight excluding hydrogens is 166 g/mol. The van der Waals surface area contributed by atoms with Gasteiger partial charge in [-0.2, -0.15) is 11.3 Å². The van der Waals surface area contributed by atoms with Crippen LogP contribution in [0.1, 0.15) is 11.1 Å². The van der Waals surface area contributed by atoms with Crippen molar-refractivity contribution in [3.63, 3.8) is 0 Å². The number of hydrogen-bond donors (Lipinski definition) is 0. The molecule has 0 saturated carbocycles. The zero-order valence-electron chi connectivity index (χ0n) is 6.60. The van der Waals surface area contributed by atoms with Crippen LogP contribution in [0.5, 0.6) is 0 Å². The van der Waals surface area contributed by atoms with Gasteiger partial charge in [0.25, 0.3) is 0 Å². The van der Waals surface area contributed by atoms with Crippen molar-refractivity contribution in [1.82, 2.24) is 4.98 Å². The van der Waals surface area contributed by atoms with E-state index in [-0.39, 0.29) is 0 Å². The van der Waals surface area contributed by atoms with Gasteiger partial charge in [-0.25, -0.2) is 0 Å². The first-order chi connectivity index (χ1) is 5.95. The summed E-state index contributed by atoms with van der Waals surface area (Å²) in [6, 6.07) is 6.26. The summed E-state index contributed by atoms with van der Waals surface area (Å²) in [5.74, 6) is 0. The molecule has 0 spiro atoms. The summed E-state index contributed by atoms with van der Waals surface area (Å²) >= 11 is 1.74. The van der Waals surface area contributed by atoms with Crippen molar-refractivity contribution in [2.24, 2.45) is 0 Å². The number of hydrogen-bond acceptors (Lipinski definition) is 2. The van der Waals surface area contributed by atoms with Gasteiger partial charge in [0.2, 0.25) is 0 Å². The lowest BCUT2D eigenvalue weighted by atomic mass is 10.1. The lowest BCUT2D eigenvalue weighted by Gasteiger charge is -1.96. The number of aromatic nitrogens is 1. The van der Waals surface area contributed by atoms with Crippen molar-refractivity contribution in [3.05, 3.63) is 52.5 Å². The SMILES string of the molecule is c1cc(Cc2ccsc2)ccn1. The molecule has 2 aromatic heterocycles. The molecule has 0 amide bonds. The fraction of sp³-hybridized carbons (Fsp3) is 0.100. The maximum absolute atomic E-state index is 3.98. The molecule has 0 N–H and O–H groups in total. The molecule has 0 atom stereocenters. The van der Waals surface area contributed by atoms with E-state index < -0.39 is 0 Å². The number of rotatable bonds is 2. The van der Waals surface area contributed by atoms with Crippen molar-refractivity contribution < 1.29 is 0 Å². The van der Waals surface area contributed by atoms with E-state index in [1.807, 2.05) is 12.4 Å². The van der Waals surface area contributed by atoms with Gasteiger partial charge in [0.15, 0.2) is 0 Å². The minimum atomic E-state index is 1.02. The Labute approximate surface area is 75.7 Å². The molecule has 2 heterocycles. The molecule has 0 saturated heterocycles. The monoisotopic (exact) mass is 175 g/mol. The molecule has 0 aromatic carbocycles. The van der Waals surface area contributed by atoms with Gasteiger partial charge < -0.3 is 0 Å². The molecule has 2 aromatic rings. The largest absolute Gasteiger partial charge is 0.265 e. The van der Waals surface area contributed by atoms with Crippen molar-refractivity contribution in [3.8, 4) is 0 Å². The summed E-state index contributed by atoms with van der Waals surface area (Å²) in [5, 5.41) is 4.29. The van der Waals surface area contributed by atoms with Gasteiger partial charge in [-0.15, -0.1) is 0 Å². The van der Waals surface area contributed by atoms with Crippen LogP contribution < -0.4 is 0 Å². The molecular formula is C10H9NS. The van der Waals surface area contributed by atoms with E-state index in [2.05, 4.69) is 33.9 Å². The number of nitrogens with zero attached hydrogens (tertiary/aromatic N) is 1. The highest BCUT2D eigenvalue weighted by Crippen LogP contribution is 2.11. The lowest BCUT2D eigenvalue weighted by molar-refractivity contribution is 1.17. The maximum Gasteiger partial charge on any atom is 0.0270 e. The minimum Gasteiger partial charge on any atom is -0.265 e. The first kappa shape index (κ1) is 7.50. The Morgan fingerprint density at radius 3 is 2.58 bits per heavy atom. The normalized spacial score (nSPS) is 10.0. The smallest absolute Gasteiger partial charge is 0.0270 e. The summed E-state index contributed by atoms with van der Waals surface area (Å²) < 4.78 is 0. The van der Waals surface area contributed by atoms with Gasteiger partial charge in [-0.1, -0.05) is 0 Å². The van der Waals surface area contributed by atoms with E-state index in [1.165, 1.54) is 11.1 Å². The Morgan fingerprint density at radius 2 is 1.92 bits per heavy atom. The Balaban J connectivity index is 2.15. The average Bonchev–Trinajstić information content (AvgIpc) is 2.59. The highest BCUT2D eigenvalue weighted by atomic mass is 32.1. The second-order valence-electron chi connectivity index (χ2n) is 2.66. The molecule has 0 fully saturated rings. The average molecular weight is 175 g/mol. The summed E-state index contributed by atoms with van der Waals surface area (Å²) in [6.45, 7) is 0. The molecule has 0 aliphatic rings. The minimum absolute atomic E-state index is 1.02. The second kappa shape index (κ2) is 3.50. The van der Waals surface area contributed by atoms with Gasteiger partial charge >= 0.3 is 0 Å². The Bertz CT molecular complexity index is 326. The molecule has 12 heavy (non-hydrogen) atoms. The summed E-state index contributed by atoms with van der Waals surface area (Å²) in [6.07, 6.45) is 4.69. The Kier molecular flexibility index (Phi) is 2.19. The highest BCUT2D eigenvalue weighted by molar-refractivity contribution is 7.07. The van der Waals surface area contributed by atoms with E-state index in [0.29, 0.717) is 0 Å². The van der Waals surface area contributed by atoms with Gasteiger partial charge in [-0.05, 0) is 46.5 Å². The Hall–Kier alpha value is -1.15. The van der Waals surface area contributed by atoms with Crippen LogP contribution in [0.4, 0.5) is 0 Å².